The number of benzene rings is 1. The summed E-state index contributed by atoms with van der Waals surface area (Å²) in [5.41, 5.74) is 2.85. The highest BCUT2D eigenvalue weighted by atomic mass is 16.5. The molecule has 6 heteroatoms. The summed E-state index contributed by atoms with van der Waals surface area (Å²) in [6.07, 6.45) is 1.81. The Morgan fingerprint density at radius 1 is 1.38 bits per heavy atom. The Balaban J connectivity index is 1.84. The largest absolute Gasteiger partial charge is 0.495 e. The summed E-state index contributed by atoms with van der Waals surface area (Å²) in [6.45, 7) is 2.84. The Bertz CT molecular complexity index is 622. The number of rotatable bonds is 6. The van der Waals surface area contributed by atoms with Crippen LogP contribution in [0.1, 0.15) is 11.3 Å². The molecule has 1 heterocycles. The Morgan fingerprint density at radius 2 is 2.14 bits per heavy atom. The van der Waals surface area contributed by atoms with Crippen molar-refractivity contribution in [3.8, 4) is 5.75 Å². The number of methoxy groups -OCH3 is 1. The average molecular weight is 288 g/mol. The van der Waals surface area contributed by atoms with Gasteiger partial charge in [0.15, 0.2) is 0 Å². The molecule has 0 aliphatic rings. The fraction of sp³-hybridized carbons (Fsp3) is 0.333. The average Bonchev–Trinajstić information content (AvgIpc) is 2.80. The molecular formula is C15H20N4O2. The van der Waals surface area contributed by atoms with Crippen LogP contribution in [0, 0.1) is 6.92 Å². The minimum Gasteiger partial charge on any atom is -0.495 e. The number of aromatic nitrogens is 2. The van der Waals surface area contributed by atoms with Crippen molar-refractivity contribution in [1.29, 1.82) is 0 Å². The second kappa shape index (κ2) is 6.90. The van der Waals surface area contributed by atoms with E-state index < -0.39 is 0 Å². The minimum atomic E-state index is -0.110. The number of para-hydroxylation sites is 2. The van der Waals surface area contributed by atoms with Crippen LogP contribution in [0.4, 0.5) is 5.69 Å². The van der Waals surface area contributed by atoms with Crippen LogP contribution in [-0.2, 0) is 18.4 Å². The lowest BCUT2D eigenvalue weighted by atomic mass is 10.2. The molecule has 2 N–H and O–H groups in total. The SMILES string of the molecule is COc1ccccc1NC(=O)CNCc1cnn(C)c1C. The van der Waals surface area contributed by atoms with E-state index >= 15 is 0 Å². The van der Waals surface area contributed by atoms with Gasteiger partial charge in [0.1, 0.15) is 5.75 Å². The molecule has 0 aliphatic heterocycles. The van der Waals surface area contributed by atoms with Crippen molar-refractivity contribution in [2.24, 2.45) is 7.05 Å². The second-order valence-corrected chi connectivity index (χ2v) is 4.73. The molecule has 0 spiro atoms. The maximum atomic E-state index is 11.9. The number of carbonyl (C=O) groups excluding carboxylic acids is 1. The number of ether oxygens (including phenoxy) is 1. The predicted molar refractivity (Wildman–Crippen MR) is 81.3 cm³/mol. The van der Waals surface area contributed by atoms with Crippen LogP contribution in [0.5, 0.6) is 5.75 Å². The summed E-state index contributed by atoms with van der Waals surface area (Å²) in [7, 11) is 3.47. The number of aryl methyl sites for hydroxylation is 1. The molecular weight excluding hydrogens is 268 g/mol. The van der Waals surface area contributed by atoms with Crippen molar-refractivity contribution >= 4 is 11.6 Å². The first-order valence-electron chi connectivity index (χ1n) is 6.73. The molecule has 0 radical (unpaired) electrons. The van der Waals surface area contributed by atoms with E-state index in [1.54, 1.807) is 13.3 Å². The van der Waals surface area contributed by atoms with Crippen molar-refractivity contribution in [1.82, 2.24) is 15.1 Å². The number of nitrogens with one attached hydrogen (secondary N) is 2. The van der Waals surface area contributed by atoms with Gasteiger partial charge in [0, 0.05) is 24.8 Å². The lowest BCUT2D eigenvalue weighted by Gasteiger charge is -2.10. The van der Waals surface area contributed by atoms with E-state index in [2.05, 4.69) is 15.7 Å². The first kappa shape index (κ1) is 15.1. The Kier molecular flexibility index (Phi) is 4.94. The van der Waals surface area contributed by atoms with Gasteiger partial charge in [0.05, 0.1) is 25.5 Å². The van der Waals surface area contributed by atoms with Crippen LogP contribution in [0.3, 0.4) is 0 Å². The second-order valence-electron chi connectivity index (χ2n) is 4.73. The number of amides is 1. The van der Waals surface area contributed by atoms with E-state index in [1.165, 1.54) is 0 Å². The molecule has 2 rings (SSSR count). The molecule has 1 amide bonds. The highest BCUT2D eigenvalue weighted by molar-refractivity contribution is 5.93. The van der Waals surface area contributed by atoms with E-state index in [1.807, 2.05) is 42.9 Å². The van der Waals surface area contributed by atoms with Gasteiger partial charge in [-0.3, -0.25) is 9.48 Å². The fourth-order valence-electron chi connectivity index (χ4n) is 1.97. The zero-order chi connectivity index (χ0) is 15.2. The molecule has 0 aliphatic carbocycles. The van der Waals surface area contributed by atoms with Gasteiger partial charge in [0.25, 0.3) is 0 Å². The van der Waals surface area contributed by atoms with Gasteiger partial charge in [-0.2, -0.15) is 5.10 Å². The summed E-state index contributed by atoms with van der Waals surface area (Å²) < 4.78 is 7.00. The number of hydrogen-bond acceptors (Lipinski definition) is 4. The summed E-state index contributed by atoms with van der Waals surface area (Å²) in [5.74, 6) is 0.537. The van der Waals surface area contributed by atoms with Crippen molar-refractivity contribution in [2.45, 2.75) is 13.5 Å². The topological polar surface area (TPSA) is 68.2 Å². The third-order valence-electron chi connectivity index (χ3n) is 3.32. The predicted octanol–water partition coefficient (Wildman–Crippen LogP) is 1.47. The maximum Gasteiger partial charge on any atom is 0.238 e. The molecule has 0 unspecified atom stereocenters. The van der Waals surface area contributed by atoms with Crippen LogP contribution >= 0.6 is 0 Å². The van der Waals surface area contributed by atoms with Gasteiger partial charge >= 0.3 is 0 Å². The number of carbonyl (C=O) groups is 1. The monoisotopic (exact) mass is 288 g/mol. The third kappa shape index (κ3) is 3.82. The molecule has 0 atom stereocenters. The van der Waals surface area contributed by atoms with Crippen LogP contribution in [-0.4, -0.2) is 29.3 Å². The van der Waals surface area contributed by atoms with Gasteiger partial charge in [-0.05, 0) is 19.1 Å². The summed E-state index contributed by atoms with van der Waals surface area (Å²) in [4.78, 5) is 11.9. The molecule has 1 aromatic heterocycles. The maximum absolute atomic E-state index is 11.9. The van der Waals surface area contributed by atoms with E-state index in [0.29, 0.717) is 18.0 Å². The lowest BCUT2D eigenvalue weighted by Crippen LogP contribution is -2.28. The molecule has 0 bridgehead atoms. The molecule has 1 aromatic carbocycles. The quantitative estimate of drug-likeness (QED) is 0.844. The van der Waals surface area contributed by atoms with E-state index in [9.17, 15) is 4.79 Å². The van der Waals surface area contributed by atoms with Crippen LogP contribution < -0.4 is 15.4 Å². The zero-order valence-electron chi connectivity index (χ0n) is 12.5. The first-order chi connectivity index (χ1) is 10.1. The van der Waals surface area contributed by atoms with Crippen LogP contribution in [0.25, 0.3) is 0 Å². The van der Waals surface area contributed by atoms with Gasteiger partial charge in [-0.25, -0.2) is 0 Å². The van der Waals surface area contributed by atoms with Gasteiger partial charge < -0.3 is 15.4 Å². The highest BCUT2D eigenvalue weighted by Crippen LogP contribution is 2.22. The smallest absolute Gasteiger partial charge is 0.238 e. The molecule has 21 heavy (non-hydrogen) atoms. The Labute approximate surface area is 124 Å². The van der Waals surface area contributed by atoms with E-state index in [-0.39, 0.29) is 12.5 Å². The molecule has 112 valence electrons. The van der Waals surface area contributed by atoms with Crippen molar-refractivity contribution < 1.29 is 9.53 Å². The van der Waals surface area contributed by atoms with E-state index in [0.717, 1.165) is 11.3 Å². The summed E-state index contributed by atoms with van der Waals surface area (Å²) in [5, 5.41) is 10.1. The van der Waals surface area contributed by atoms with Crippen LogP contribution in [0.15, 0.2) is 30.5 Å². The Morgan fingerprint density at radius 3 is 2.81 bits per heavy atom. The highest BCUT2D eigenvalue weighted by Gasteiger charge is 2.07. The molecule has 2 aromatic rings. The number of hydrogen-bond donors (Lipinski definition) is 2. The first-order valence-corrected chi connectivity index (χ1v) is 6.73. The minimum absolute atomic E-state index is 0.110. The fourth-order valence-corrected chi connectivity index (χ4v) is 1.97. The molecule has 6 nitrogen and oxygen atoms in total. The molecule has 0 saturated carbocycles. The summed E-state index contributed by atoms with van der Waals surface area (Å²) >= 11 is 0. The lowest BCUT2D eigenvalue weighted by molar-refractivity contribution is -0.115. The van der Waals surface area contributed by atoms with Crippen molar-refractivity contribution in [2.75, 3.05) is 19.0 Å². The van der Waals surface area contributed by atoms with Gasteiger partial charge in [0.2, 0.25) is 5.91 Å². The standard InChI is InChI=1S/C15H20N4O2/c1-11-12(9-17-19(11)2)8-16-10-15(20)18-13-6-4-5-7-14(13)21-3/h4-7,9,16H,8,10H2,1-3H3,(H,18,20). The van der Waals surface area contributed by atoms with Gasteiger partial charge in [-0.1, -0.05) is 12.1 Å². The normalized spacial score (nSPS) is 10.4. The van der Waals surface area contributed by atoms with E-state index in [4.69, 9.17) is 4.74 Å². The zero-order valence-corrected chi connectivity index (χ0v) is 12.5. The van der Waals surface area contributed by atoms with Crippen LogP contribution in [0.2, 0.25) is 0 Å². The number of nitrogens with zero attached hydrogens (tertiary/aromatic N) is 2. The van der Waals surface area contributed by atoms with Crippen molar-refractivity contribution in [3.05, 3.63) is 41.7 Å². The summed E-state index contributed by atoms with van der Waals surface area (Å²) in [6, 6.07) is 7.33. The van der Waals surface area contributed by atoms with Gasteiger partial charge in [-0.15, -0.1) is 0 Å². The van der Waals surface area contributed by atoms with Crippen molar-refractivity contribution in [3.63, 3.8) is 0 Å². The Hall–Kier alpha value is -2.34. The number of anilines is 1. The molecule has 0 fully saturated rings. The third-order valence-corrected chi connectivity index (χ3v) is 3.32. The molecule has 0 saturated heterocycles.